The lowest BCUT2D eigenvalue weighted by Crippen LogP contribution is -2.13. The number of carboxylic acids is 1. The van der Waals surface area contributed by atoms with Crippen LogP contribution >= 0.6 is 0 Å². The fourth-order valence-corrected chi connectivity index (χ4v) is 2.34. The van der Waals surface area contributed by atoms with Gasteiger partial charge in [0.05, 0.1) is 12.5 Å². The predicted molar refractivity (Wildman–Crippen MR) is 88.0 cm³/mol. The second-order valence-electron chi connectivity index (χ2n) is 5.77. The molecule has 2 unspecified atom stereocenters. The number of benzene rings is 1. The first kappa shape index (κ1) is 17.4. The van der Waals surface area contributed by atoms with Crippen molar-refractivity contribution in [1.82, 2.24) is 0 Å². The average Bonchev–Trinajstić information content (AvgIpc) is 2.48. The molecule has 21 heavy (non-hydrogen) atoms. The molecule has 0 heterocycles. The zero-order chi connectivity index (χ0) is 15.5. The number of carbonyl (C=O) groups is 1. The van der Waals surface area contributed by atoms with Crippen LogP contribution in [0.2, 0.25) is 0 Å². The van der Waals surface area contributed by atoms with Gasteiger partial charge in [-0.1, -0.05) is 63.4 Å². The van der Waals surface area contributed by atoms with Gasteiger partial charge in [-0.25, -0.2) is 0 Å². The van der Waals surface area contributed by atoms with E-state index in [2.05, 4.69) is 18.8 Å². The van der Waals surface area contributed by atoms with Crippen LogP contribution in [0.4, 0.5) is 0 Å². The summed E-state index contributed by atoms with van der Waals surface area (Å²) < 4.78 is 0. The topological polar surface area (TPSA) is 49.7 Å². The molecule has 3 nitrogen and oxygen atoms in total. The van der Waals surface area contributed by atoms with Crippen molar-refractivity contribution in [3.05, 3.63) is 35.9 Å². The Labute approximate surface area is 128 Å². The van der Waals surface area contributed by atoms with Gasteiger partial charge in [-0.05, 0) is 24.3 Å². The van der Waals surface area contributed by atoms with Gasteiger partial charge in [-0.15, -0.1) is 0 Å². The second-order valence-corrected chi connectivity index (χ2v) is 5.77. The number of aliphatic carboxylic acids is 1. The summed E-state index contributed by atoms with van der Waals surface area (Å²) in [5.41, 5.74) is 1.02. The molecule has 1 rings (SSSR count). The van der Waals surface area contributed by atoms with Crippen LogP contribution in [-0.2, 0) is 4.79 Å². The van der Waals surface area contributed by atoms with Crippen molar-refractivity contribution >= 4 is 12.2 Å². The van der Waals surface area contributed by atoms with Gasteiger partial charge in [-0.2, -0.15) is 0 Å². The molecule has 0 spiro atoms. The highest BCUT2D eigenvalue weighted by Gasteiger charge is 2.13. The van der Waals surface area contributed by atoms with Gasteiger partial charge in [0.2, 0.25) is 0 Å². The number of aliphatic imine (C=N–C) groups is 1. The van der Waals surface area contributed by atoms with Crippen LogP contribution in [-0.4, -0.2) is 23.3 Å². The Bertz CT molecular complexity index is 428. The van der Waals surface area contributed by atoms with Crippen molar-refractivity contribution in [1.29, 1.82) is 0 Å². The molecule has 0 saturated carbocycles. The average molecular weight is 289 g/mol. The first-order valence-corrected chi connectivity index (χ1v) is 7.91. The Morgan fingerprint density at radius 3 is 2.57 bits per heavy atom. The maximum atomic E-state index is 11.0. The Hall–Kier alpha value is -1.64. The molecule has 1 aromatic carbocycles. The lowest BCUT2D eigenvalue weighted by Gasteiger charge is -2.14. The standard InChI is InChI=1S/C18H27NO2/c1-3-4-8-15(2)11-12-17(13-18(20)21)19-14-16-9-6-5-7-10-16/h5-7,9-10,14-15,17H,3-4,8,11-13H2,1-2H3,(H,20,21). The summed E-state index contributed by atoms with van der Waals surface area (Å²) in [6, 6.07) is 9.71. The van der Waals surface area contributed by atoms with E-state index in [0.29, 0.717) is 5.92 Å². The minimum absolute atomic E-state index is 0.115. The normalized spacial score (nSPS) is 14.2. The molecule has 0 aromatic heterocycles. The highest BCUT2D eigenvalue weighted by Crippen LogP contribution is 2.18. The smallest absolute Gasteiger partial charge is 0.305 e. The summed E-state index contributed by atoms with van der Waals surface area (Å²) in [5, 5.41) is 9.01. The molecule has 0 aliphatic rings. The van der Waals surface area contributed by atoms with Crippen molar-refractivity contribution in [3.8, 4) is 0 Å². The van der Waals surface area contributed by atoms with Crippen molar-refractivity contribution in [3.63, 3.8) is 0 Å². The Morgan fingerprint density at radius 1 is 1.24 bits per heavy atom. The van der Waals surface area contributed by atoms with E-state index in [0.717, 1.165) is 18.4 Å². The molecule has 0 amide bonds. The van der Waals surface area contributed by atoms with E-state index in [-0.39, 0.29) is 12.5 Å². The van der Waals surface area contributed by atoms with Crippen molar-refractivity contribution in [2.45, 2.75) is 58.4 Å². The second kappa shape index (κ2) is 10.1. The summed E-state index contributed by atoms with van der Waals surface area (Å²) >= 11 is 0. The van der Waals surface area contributed by atoms with Crippen LogP contribution in [0.5, 0.6) is 0 Å². The molecule has 0 saturated heterocycles. The Kier molecular flexibility index (Phi) is 8.41. The molecular weight excluding hydrogens is 262 g/mol. The van der Waals surface area contributed by atoms with Gasteiger partial charge in [0.25, 0.3) is 0 Å². The summed E-state index contributed by atoms with van der Waals surface area (Å²) in [6.07, 6.45) is 7.49. The van der Waals surface area contributed by atoms with E-state index in [1.807, 2.05) is 30.3 Å². The number of unbranched alkanes of at least 4 members (excludes halogenated alkanes) is 1. The molecule has 0 aliphatic heterocycles. The maximum Gasteiger partial charge on any atom is 0.305 e. The van der Waals surface area contributed by atoms with E-state index in [1.165, 1.54) is 19.3 Å². The van der Waals surface area contributed by atoms with Crippen LogP contribution < -0.4 is 0 Å². The number of rotatable bonds is 10. The molecule has 1 aromatic rings. The fraction of sp³-hybridized carbons (Fsp3) is 0.556. The minimum Gasteiger partial charge on any atom is -0.481 e. The molecular formula is C18H27NO2. The Morgan fingerprint density at radius 2 is 1.95 bits per heavy atom. The van der Waals surface area contributed by atoms with Gasteiger partial charge in [0.1, 0.15) is 0 Å². The van der Waals surface area contributed by atoms with Crippen LogP contribution in [0.3, 0.4) is 0 Å². The predicted octanol–water partition coefficient (Wildman–Crippen LogP) is 4.56. The number of hydrogen-bond donors (Lipinski definition) is 1. The monoisotopic (exact) mass is 289 g/mol. The molecule has 0 radical (unpaired) electrons. The highest BCUT2D eigenvalue weighted by molar-refractivity contribution is 5.79. The fourth-order valence-electron chi connectivity index (χ4n) is 2.34. The van der Waals surface area contributed by atoms with Gasteiger partial charge in [-0.3, -0.25) is 9.79 Å². The third-order valence-electron chi connectivity index (χ3n) is 3.69. The lowest BCUT2D eigenvalue weighted by molar-refractivity contribution is -0.137. The lowest BCUT2D eigenvalue weighted by atomic mass is 9.95. The molecule has 1 N–H and O–H groups in total. The van der Waals surface area contributed by atoms with Crippen molar-refractivity contribution < 1.29 is 9.90 Å². The van der Waals surface area contributed by atoms with E-state index >= 15 is 0 Å². The van der Waals surface area contributed by atoms with E-state index in [9.17, 15) is 4.79 Å². The van der Waals surface area contributed by atoms with Crippen LogP contribution in [0.25, 0.3) is 0 Å². The number of nitrogens with zero attached hydrogens (tertiary/aromatic N) is 1. The summed E-state index contributed by atoms with van der Waals surface area (Å²) in [7, 11) is 0. The molecule has 0 bridgehead atoms. The van der Waals surface area contributed by atoms with Gasteiger partial charge < -0.3 is 5.11 Å². The largest absolute Gasteiger partial charge is 0.481 e. The summed E-state index contributed by atoms with van der Waals surface area (Å²) in [6.45, 7) is 4.44. The molecule has 2 atom stereocenters. The first-order chi connectivity index (χ1) is 10.1. The highest BCUT2D eigenvalue weighted by atomic mass is 16.4. The first-order valence-electron chi connectivity index (χ1n) is 7.91. The molecule has 116 valence electrons. The van der Waals surface area contributed by atoms with E-state index < -0.39 is 5.97 Å². The van der Waals surface area contributed by atoms with Crippen molar-refractivity contribution in [2.75, 3.05) is 0 Å². The van der Waals surface area contributed by atoms with Gasteiger partial charge in [0.15, 0.2) is 0 Å². The minimum atomic E-state index is -0.772. The van der Waals surface area contributed by atoms with E-state index in [4.69, 9.17) is 5.11 Å². The Balaban J connectivity index is 2.51. The maximum absolute atomic E-state index is 11.0. The summed E-state index contributed by atoms with van der Waals surface area (Å²) in [5.74, 6) is -0.125. The number of hydrogen-bond acceptors (Lipinski definition) is 2. The third kappa shape index (κ3) is 8.28. The van der Waals surface area contributed by atoms with Crippen LogP contribution in [0.15, 0.2) is 35.3 Å². The SMILES string of the molecule is CCCCC(C)CCC(CC(=O)O)N=Cc1ccccc1. The molecule has 3 heteroatoms. The van der Waals surface area contributed by atoms with Crippen molar-refractivity contribution in [2.24, 2.45) is 10.9 Å². The zero-order valence-corrected chi connectivity index (χ0v) is 13.2. The quantitative estimate of drug-likeness (QED) is 0.642. The molecule has 0 fully saturated rings. The van der Waals surface area contributed by atoms with Gasteiger partial charge >= 0.3 is 5.97 Å². The number of carboxylic acid groups (broad SMARTS) is 1. The zero-order valence-electron chi connectivity index (χ0n) is 13.2. The summed E-state index contributed by atoms with van der Waals surface area (Å²) in [4.78, 5) is 15.4. The van der Waals surface area contributed by atoms with Gasteiger partial charge in [0, 0.05) is 6.21 Å². The van der Waals surface area contributed by atoms with E-state index in [1.54, 1.807) is 6.21 Å². The third-order valence-corrected chi connectivity index (χ3v) is 3.69. The van der Waals surface area contributed by atoms with Crippen LogP contribution in [0.1, 0.15) is 57.9 Å². The molecule has 0 aliphatic carbocycles. The van der Waals surface area contributed by atoms with Crippen LogP contribution in [0, 0.1) is 5.92 Å².